The summed E-state index contributed by atoms with van der Waals surface area (Å²) in [5.74, 6) is 0.851. The van der Waals surface area contributed by atoms with Gasteiger partial charge in [-0.15, -0.1) is 11.8 Å². The molecule has 1 aromatic rings. The van der Waals surface area contributed by atoms with E-state index in [0.29, 0.717) is 0 Å². The van der Waals surface area contributed by atoms with E-state index in [-0.39, 0.29) is 4.75 Å². The first-order valence-electron chi connectivity index (χ1n) is 4.52. The maximum Gasteiger partial charge on any atom is 0.119 e. The topological polar surface area (TPSA) is 33.0 Å². The third-order valence-electron chi connectivity index (χ3n) is 2.26. The lowest BCUT2D eigenvalue weighted by Gasteiger charge is -2.06. The number of methoxy groups -OCH3 is 1. The Hall–Kier alpha value is -1.14. The highest BCUT2D eigenvalue weighted by molar-refractivity contribution is 8.01. The third kappa shape index (κ3) is 1.85. The zero-order valence-electron chi connectivity index (χ0n) is 7.99. The van der Waals surface area contributed by atoms with Crippen molar-refractivity contribution >= 4 is 11.8 Å². The lowest BCUT2D eigenvalue weighted by molar-refractivity contribution is 0.413. The van der Waals surface area contributed by atoms with Gasteiger partial charge >= 0.3 is 0 Å². The van der Waals surface area contributed by atoms with Crippen molar-refractivity contribution < 1.29 is 4.74 Å². The van der Waals surface area contributed by atoms with Gasteiger partial charge in [-0.3, -0.25) is 0 Å². The Morgan fingerprint density at radius 3 is 2.86 bits per heavy atom. The summed E-state index contributed by atoms with van der Waals surface area (Å²) in [7, 11) is 1.65. The van der Waals surface area contributed by atoms with Crippen LogP contribution >= 0.6 is 11.8 Å². The van der Waals surface area contributed by atoms with Crippen molar-refractivity contribution in [2.75, 3.05) is 7.11 Å². The van der Waals surface area contributed by atoms with Gasteiger partial charge in [0.25, 0.3) is 0 Å². The SMILES string of the molecule is COc1cccc(SC2(C#N)CC2)c1. The first-order valence-corrected chi connectivity index (χ1v) is 5.34. The molecule has 0 atom stereocenters. The second kappa shape index (κ2) is 3.55. The van der Waals surface area contributed by atoms with E-state index < -0.39 is 0 Å². The smallest absolute Gasteiger partial charge is 0.119 e. The molecule has 0 bridgehead atoms. The van der Waals surface area contributed by atoms with E-state index in [1.165, 1.54) is 0 Å². The van der Waals surface area contributed by atoms with E-state index in [1.807, 2.05) is 24.3 Å². The Bertz CT molecular complexity index is 379. The normalized spacial score (nSPS) is 17.1. The minimum absolute atomic E-state index is 0.146. The zero-order valence-corrected chi connectivity index (χ0v) is 8.80. The fourth-order valence-electron chi connectivity index (χ4n) is 1.24. The second-order valence-corrected chi connectivity index (χ2v) is 4.84. The lowest BCUT2D eigenvalue weighted by Crippen LogP contribution is -1.96. The average molecular weight is 205 g/mol. The molecule has 2 nitrogen and oxygen atoms in total. The van der Waals surface area contributed by atoms with Crippen molar-refractivity contribution in [1.82, 2.24) is 0 Å². The summed E-state index contributed by atoms with van der Waals surface area (Å²) < 4.78 is 4.98. The van der Waals surface area contributed by atoms with Gasteiger partial charge in [-0.25, -0.2) is 0 Å². The molecule has 0 heterocycles. The first-order chi connectivity index (χ1) is 6.78. The molecule has 2 rings (SSSR count). The minimum atomic E-state index is -0.146. The Morgan fingerprint density at radius 2 is 2.29 bits per heavy atom. The van der Waals surface area contributed by atoms with E-state index in [1.54, 1.807) is 18.9 Å². The molecule has 0 aromatic heterocycles. The molecule has 1 aromatic carbocycles. The van der Waals surface area contributed by atoms with Crippen LogP contribution in [0.2, 0.25) is 0 Å². The van der Waals surface area contributed by atoms with Gasteiger partial charge in [0.05, 0.1) is 13.2 Å². The van der Waals surface area contributed by atoms with Gasteiger partial charge in [-0.05, 0) is 31.0 Å². The maximum atomic E-state index is 8.94. The first kappa shape index (κ1) is 9.42. The molecule has 0 saturated heterocycles. The van der Waals surface area contributed by atoms with Gasteiger partial charge in [0.1, 0.15) is 10.5 Å². The predicted molar refractivity (Wildman–Crippen MR) is 56.4 cm³/mol. The summed E-state index contributed by atoms with van der Waals surface area (Å²) >= 11 is 1.65. The van der Waals surface area contributed by atoms with Crippen LogP contribution in [-0.2, 0) is 0 Å². The van der Waals surface area contributed by atoms with Crippen LogP contribution in [0.15, 0.2) is 29.2 Å². The van der Waals surface area contributed by atoms with Gasteiger partial charge in [0.15, 0.2) is 0 Å². The molecule has 0 aliphatic heterocycles. The molecular formula is C11H11NOS. The highest BCUT2D eigenvalue weighted by Crippen LogP contribution is 2.51. The molecule has 0 radical (unpaired) electrons. The number of rotatable bonds is 3. The monoisotopic (exact) mass is 205 g/mol. The molecule has 1 fully saturated rings. The van der Waals surface area contributed by atoms with Crippen LogP contribution in [-0.4, -0.2) is 11.9 Å². The zero-order chi connectivity index (χ0) is 10.0. The lowest BCUT2D eigenvalue weighted by atomic mass is 10.3. The standard InChI is InChI=1S/C11H11NOS/c1-13-9-3-2-4-10(7-9)14-11(8-12)5-6-11/h2-4,7H,5-6H2,1H3. The van der Waals surface area contributed by atoms with Crippen LogP contribution in [0.3, 0.4) is 0 Å². The quantitative estimate of drug-likeness (QED) is 0.760. The van der Waals surface area contributed by atoms with Crippen molar-refractivity contribution in [3.63, 3.8) is 0 Å². The van der Waals surface area contributed by atoms with Gasteiger partial charge < -0.3 is 4.74 Å². The summed E-state index contributed by atoms with van der Waals surface area (Å²) in [4.78, 5) is 1.11. The number of ether oxygens (including phenoxy) is 1. The molecule has 72 valence electrons. The molecular weight excluding hydrogens is 194 g/mol. The fourth-order valence-corrected chi connectivity index (χ4v) is 2.37. The van der Waals surface area contributed by atoms with Gasteiger partial charge in [-0.1, -0.05) is 6.07 Å². The van der Waals surface area contributed by atoms with Crippen molar-refractivity contribution in [2.45, 2.75) is 22.5 Å². The summed E-state index contributed by atoms with van der Waals surface area (Å²) in [6.45, 7) is 0. The average Bonchev–Trinajstić information content (AvgIpc) is 2.99. The maximum absolute atomic E-state index is 8.94. The van der Waals surface area contributed by atoms with E-state index in [2.05, 4.69) is 6.07 Å². The fraction of sp³-hybridized carbons (Fsp3) is 0.364. The van der Waals surface area contributed by atoms with Crippen molar-refractivity contribution in [2.24, 2.45) is 0 Å². The molecule has 0 amide bonds. The minimum Gasteiger partial charge on any atom is -0.497 e. The molecule has 0 spiro atoms. The van der Waals surface area contributed by atoms with Crippen LogP contribution in [0.25, 0.3) is 0 Å². The molecule has 0 unspecified atom stereocenters. The van der Waals surface area contributed by atoms with Crippen molar-refractivity contribution in [1.29, 1.82) is 5.26 Å². The molecule has 3 heteroatoms. The van der Waals surface area contributed by atoms with E-state index >= 15 is 0 Å². The number of hydrogen-bond donors (Lipinski definition) is 0. The largest absolute Gasteiger partial charge is 0.497 e. The highest BCUT2D eigenvalue weighted by atomic mass is 32.2. The Morgan fingerprint density at radius 1 is 1.50 bits per heavy atom. The number of hydrogen-bond acceptors (Lipinski definition) is 3. The van der Waals surface area contributed by atoms with Gasteiger partial charge in [-0.2, -0.15) is 5.26 Å². The summed E-state index contributed by atoms with van der Waals surface area (Å²) in [6.07, 6.45) is 2.01. The number of nitrogens with zero attached hydrogens (tertiary/aromatic N) is 1. The number of benzene rings is 1. The Kier molecular flexibility index (Phi) is 2.39. The Balaban J connectivity index is 2.14. The predicted octanol–water partition coefficient (Wildman–Crippen LogP) is 2.84. The second-order valence-electron chi connectivity index (χ2n) is 3.39. The summed E-state index contributed by atoms with van der Waals surface area (Å²) in [5, 5.41) is 8.94. The molecule has 14 heavy (non-hydrogen) atoms. The van der Waals surface area contributed by atoms with E-state index in [9.17, 15) is 0 Å². The highest BCUT2D eigenvalue weighted by Gasteiger charge is 2.44. The van der Waals surface area contributed by atoms with Gasteiger partial charge in [0, 0.05) is 4.90 Å². The van der Waals surface area contributed by atoms with Crippen LogP contribution in [0, 0.1) is 11.3 Å². The summed E-state index contributed by atoms with van der Waals surface area (Å²) in [5.41, 5.74) is 0. The van der Waals surface area contributed by atoms with Crippen LogP contribution in [0.1, 0.15) is 12.8 Å². The third-order valence-corrected chi connectivity index (χ3v) is 3.64. The molecule has 0 N–H and O–H groups in total. The van der Waals surface area contributed by atoms with E-state index in [0.717, 1.165) is 23.5 Å². The van der Waals surface area contributed by atoms with Crippen LogP contribution in [0.4, 0.5) is 0 Å². The number of nitriles is 1. The Labute approximate surface area is 87.9 Å². The van der Waals surface area contributed by atoms with E-state index in [4.69, 9.17) is 10.00 Å². The molecule has 1 saturated carbocycles. The van der Waals surface area contributed by atoms with Crippen molar-refractivity contribution in [3.8, 4) is 11.8 Å². The summed E-state index contributed by atoms with van der Waals surface area (Å²) in [6, 6.07) is 10.2. The molecule has 1 aliphatic rings. The van der Waals surface area contributed by atoms with Crippen LogP contribution < -0.4 is 4.74 Å². The number of thioether (sulfide) groups is 1. The van der Waals surface area contributed by atoms with Gasteiger partial charge in [0.2, 0.25) is 0 Å². The van der Waals surface area contributed by atoms with Crippen molar-refractivity contribution in [3.05, 3.63) is 24.3 Å². The van der Waals surface area contributed by atoms with Crippen LogP contribution in [0.5, 0.6) is 5.75 Å². The molecule has 1 aliphatic carbocycles.